The van der Waals surface area contributed by atoms with Crippen molar-refractivity contribution in [3.63, 3.8) is 0 Å². The zero-order valence-electron chi connectivity index (χ0n) is 18.4. The number of nitrogens with zero attached hydrogens (tertiary/aromatic N) is 4. The third-order valence-electron chi connectivity index (χ3n) is 4.62. The van der Waals surface area contributed by atoms with Crippen molar-refractivity contribution >= 4 is 28.7 Å². The highest BCUT2D eigenvalue weighted by Crippen LogP contribution is 2.38. The fourth-order valence-electron chi connectivity index (χ4n) is 3.08. The summed E-state index contributed by atoms with van der Waals surface area (Å²) in [4.78, 5) is 14.3. The standard InChI is InChI=1S/C21H30N6O2S/c1-13-10-14(28-5)15(29-6)11-16(13)30-20-26-17-18(22)23-12-24-19(17)27(20)9-7-8-25-21(2,3)4/h10-12,25H,7-9H2,1-6H3,(H2,22,23,24). The fraction of sp³-hybridized carbons (Fsp3) is 0.476. The summed E-state index contributed by atoms with van der Waals surface area (Å²) in [5, 5.41) is 4.34. The summed E-state index contributed by atoms with van der Waals surface area (Å²) in [6.45, 7) is 10.2. The van der Waals surface area contributed by atoms with E-state index in [0.29, 0.717) is 22.8 Å². The van der Waals surface area contributed by atoms with Crippen LogP contribution in [0.15, 0.2) is 28.5 Å². The lowest BCUT2D eigenvalue weighted by molar-refractivity contribution is 0.353. The van der Waals surface area contributed by atoms with E-state index in [1.807, 2.05) is 19.1 Å². The van der Waals surface area contributed by atoms with Gasteiger partial charge in [0, 0.05) is 17.0 Å². The Hall–Kier alpha value is -2.52. The van der Waals surface area contributed by atoms with Crippen LogP contribution in [0.1, 0.15) is 32.8 Å². The number of imidazole rings is 1. The van der Waals surface area contributed by atoms with Crippen LogP contribution in [-0.4, -0.2) is 45.8 Å². The molecule has 0 saturated heterocycles. The van der Waals surface area contributed by atoms with Crippen LogP contribution in [-0.2, 0) is 6.54 Å². The summed E-state index contributed by atoms with van der Waals surface area (Å²) in [5.41, 5.74) is 8.60. The molecule has 3 rings (SSSR count). The van der Waals surface area contributed by atoms with E-state index in [2.05, 4.69) is 40.6 Å². The summed E-state index contributed by atoms with van der Waals surface area (Å²) in [6.07, 6.45) is 2.42. The number of aromatic nitrogens is 4. The van der Waals surface area contributed by atoms with Gasteiger partial charge in [-0.1, -0.05) is 11.8 Å². The van der Waals surface area contributed by atoms with Gasteiger partial charge in [0.25, 0.3) is 0 Å². The number of nitrogens with two attached hydrogens (primary N) is 1. The molecule has 0 saturated carbocycles. The molecule has 0 fully saturated rings. The van der Waals surface area contributed by atoms with Crippen LogP contribution >= 0.6 is 11.8 Å². The summed E-state index contributed by atoms with van der Waals surface area (Å²) in [7, 11) is 3.27. The maximum Gasteiger partial charge on any atom is 0.175 e. The highest BCUT2D eigenvalue weighted by Gasteiger charge is 2.18. The van der Waals surface area contributed by atoms with E-state index in [4.69, 9.17) is 20.2 Å². The Bertz CT molecular complexity index is 1030. The van der Waals surface area contributed by atoms with Crippen molar-refractivity contribution in [2.24, 2.45) is 0 Å². The third-order valence-corrected chi connectivity index (χ3v) is 5.78. The van der Waals surface area contributed by atoms with Crippen molar-refractivity contribution in [2.45, 2.75) is 56.3 Å². The molecule has 1 aromatic carbocycles. The lowest BCUT2D eigenvalue weighted by atomic mass is 10.1. The second-order valence-corrected chi connectivity index (χ2v) is 9.09. The Labute approximate surface area is 181 Å². The number of benzene rings is 1. The molecule has 0 radical (unpaired) electrons. The molecule has 30 heavy (non-hydrogen) atoms. The number of aryl methyl sites for hydroxylation is 2. The Morgan fingerprint density at radius 3 is 2.50 bits per heavy atom. The minimum Gasteiger partial charge on any atom is -0.493 e. The van der Waals surface area contributed by atoms with Crippen molar-refractivity contribution in [1.29, 1.82) is 0 Å². The van der Waals surface area contributed by atoms with E-state index < -0.39 is 0 Å². The molecular formula is C21H30N6O2S. The van der Waals surface area contributed by atoms with Crippen molar-refractivity contribution in [1.82, 2.24) is 24.8 Å². The Kier molecular flexibility index (Phi) is 6.72. The number of ether oxygens (including phenoxy) is 2. The molecule has 0 atom stereocenters. The van der Waals surface area contributed by atoms with E-state index in [9.17, 15) is 0 Å². The molecule has 8 nitrogen and oxygen atoms in total. The van der Waals surface area contributed by atoms with Gasteiger partial charge in [0.2, 0.25) is 0 Å². The summed E-state index contributed by atoms with van der Waals surface area (Å²) in [5.74, 6) is 1.77. The van der Waals surface area contributed by atoms with Crippen molar-refractivity contribution in [2.75, 3.05) is 26.5 Å². The molecule has 0 aliphatic carbocycles. The molecule has 162 valence electrons. The van der Waals surface area contributed by atoms with Crippen LogP contribution in [0.4, 0.5) is 5.82 Å². The average Bonchev–Trinajstić information content (AvgIpc) is 3.04. The number of hydrogen-bond acceptors (Lipinski definition) is 8. The number of nitrogen functional groups attached to an aromatic ring is 1. The number of methoxy groups -OCH3 is 2. The molecule has 2 heterocycles. The van der Waals surface area contributed by atoms with Crippen LogP contribution in [0.5, 0.6) is 11.5 Å². The molecule has 0 aliphatic heterocycles. The predicted molar refractivity (Wildman–Crippen MR) is 121 cm³/mol. The minimum atomic E-state index is 0.0813. The largest absolute Gasteiger partial charge is 0.493 e. The van der Waals surface area contributed by atoms with Crippen LogP contribution in [0, 0.1) is 6.92 Å². The van der Waals surface area contributed by atoms with Gasteiger partial charge in [-0.3, -0.25) is 0 Å². The van der Waals surface area contributed by atoms with E-state index in [1.54, 1.807) is 26.0 Å². The lowest BCUT2D eigenvalue weighted by Gasteiger charge is -2.20. The number of rotatable bonds is 8. The number of fused-ring (bicyclic) bond motifs is 1. The first kappa shape index (κ1) is 22.2. The Morgan fingerprint density at radius 1 is 1.13 bits per heavy atom. The Balaban J connectivity index is 1.94. The summed E-state index contributed by atoms with van der Waals surface area (Å²) < 4.78 is 13.0. The molecule has 3 aromatic rings. The number of nitrogens with one attached hydrogen (secondary N) is 1. The predicted octanol–water partition coefficient (Wildman–Crippen LogP) is 3.66. The summed E-state index contributed by atoms with van der Waals surface area (Å²) >= 11 is 1.56. The lowest BCUT2D eigenvalue weighted by Crippen LogP contribution is -2.36. The van der Waals surface area contributed by atoms with E-state index >= 15 is 0 Å². The van der Waals surface area contributed by atoms with Gasteiger partial charge in [0.1, 0.15) is 6.33 Å². The monoisotopic (exact) mass is 430 g/mol. The molecule has 0 unspecified atom stereocenters. The first-order valence-electron chi connectivity index (χ1n) is 9.85. The molecule has 3 N–H and O–H groups in total. The minimum absolute atomic E-state index is 0.0813. The van der Waals surface area contributed by atoms with E-state index in [-0.39, 0.29) is 5.54 Å². The summed E-state index contributed by atoms with van der Waals surface area (Å²) in [6, 6.07) is 3.94. The van der Waals surface area contributed by atoms with Crippen LogP contribution in [0.3, 0.4) is 0 Å². The van der Waals surface area contributed by atoms with E-state index in [1.165, 1.54) is 6.33 Å². The first-order chi connectivity index (χ1) is 14.2. The van der Waals surface area contributed by atoms with E-state index in [0.717, 1.165) is 40.8 Å². The molecule has 0 spiro atoms. The van der Waals surface area contributed by atoms with Gasteiger partial charge < -0.3 is 25.1 Å². The molecular weight excluding hydrogens is 400 g/mol. The van der Waals surface area contributed by atoms with Crippen molar-refractivity contribution in [3.8, 4) is 11.5 Å². The van der Waals surface area contributed by atoms with Crippen LogP contribution in [0.25, 0.3) is 11.2 Å². The fourth-order valence-corrected chi connectivity index (χ4v) is 4.09. The SMILES string of the molecule is COc1cc(C)c(Sc2nc3c(N)ncnc3n2CCCNC(C)(C)C)cc1OC. The highest BCUT2D eigenvalue weighted by atomic mass is 32.2. The smallest absolute Gasteiger partial charge is 0.175 e. The normalized spacial score (nSPS) is 11.8. The van der Waals surface area contributed by atoms with Gasteiger partial charge in [0.15, 0.2) is 33.6 Å². The van der Waals surface area contributed by atoms with Gasteiger partial charge in [-0.05, 0) is 58.4 Å². The zero-order chi connectivity index (χ0) is 21.9. The van der Waals surface area contributed by atoms with Gasteiger partial charge in [-0.2, -0.15) is 0 Å². The van der Waals surface area contributed by atoms with Crippen molar-refractivity contribution in [3.05, 3.63) is 24.0 Å². The maximum atomic E-state index is 6.07. The number of anilines is 1. The van der Waals surface area contributed by atoms with Crippen LogP contribution < -0.4 is 20.5 Å². The zero-order valence-corrected chi connectivity index (χ0v) is 19.3. The second kappa shape index (κ2) is 9.09. The maximum absolute atomic E-state index is 6.07. The Morgan fingerprint density at radius 2 is 1.83 bits per heavy atom. The van der Waals surface area contributed by atoms with Gasteiger partial charge in [-0.15, -0.1) is 0 Å². The third kappa shape index (κ3) is 4.96. The van der Waals surface area contributed by atoms with Gasteiger partial charge in [-0.25, -0.2) is 15.0 Å². The van der Waals surface area contributed by atoms with Crippen molar-refractivity contribution < 1.29 is 9.47 Å². The van der Waals surface area contributed by atoms with Gasteiger partial charge >= 0.3 is 0 Å². The topological polar surface area (TPSA) is 100 Å². The number of hydrogen-bond donors (Lipinski definition) is 2. The molecule has 9 heteroatoms. The molecule has 0 amide bonds. The van der Waals surface area contributed by atoms with Crippen LogP contribution in [0.2, 0.25) is 0 Å². The molecule has 0 aliphatic rings. The van der Waals surface area contributed by atoms with Gasteiger partial charge in [0.05, 0.1) is 14.2 Å². The average molecular weight is 431 g/mol. The quantitative estimate of drug-likeness (QED) is 0.522. The second-order valence-electron chi connectivity index (χ2n) is 8.08. The molecule has 0 bridgehead atoms. The first-order valence-corrected chi connectivity index (χ1v) is 10.7. The molecule has 2 aromatic heterocycles. The highest BCUT2D eigenvalue weighted by molar-refractivity contribution is 7.99.